The largest absolute Gasteiger partial charge is 0.444 e. The van der Waals surface area contributed by atoms with Crippen LogP contribution in [0.4, 0.5) is 16.2 Å². The van der Waals surface area contributed by atoms with Crippen molar-refractivity contribution in [1.82, 2.24) is 9.80 Å². The summed E-state index contributed by atoms with van der Waals surface area (Å²) in [6, 6.07) is 18.4. The Morgan fingerprint density at radius 2 is 1.69 bits per heavy atom. The fraction of sp³-hybridized carbons (Fsp3) is 0.552. The van der Waals surface area contributed by atoms with E-state index in [1.165, 1.54) is 22.5 Å². The summed E-state index contributed by atoms with van der Waals surface area (Å²) in [6.07, 6.45) is -0.212. The molecule has 0 radical (unpaired) electrons. The van der Waals surface area contributed by atoms with E-state index in [4.69, 9.17) is 4.74 Å². The van der Waals surface area contributed by atoms with Crippen LogP contribution in [-0.4, -0.2) is 72.8 Å². The monoisotopic (exact) mass is 478 g/mol. The SMILES string of the molecule is Cc1cc(N2CCN(C(=O)OC(C)(C)C)C[C@H]2C)ccc1N1CCN(Cc2ccccc2)[C@@H](C)C1. The van der Waals surface area contributed by atoms with Gasteiger partial charge in [-0.3, -0.25) is 4.90 Å². The van der Waals surface area contributed by atoms with E-state index in [1.54, 1.807) is 0 Å². The molecular formula is C29H42N4O2. The van der Waals surface area contributed by atoms with Crippen LogP contribution in [0.1, 0.15) is 45.7 Å². The zero-order valence-corrected chi connectivity index (χ0v) is 22.3. The molecule has 2 atom stereocenters. The van der Waals surface area contributed by atoms with Crippen LogP contribution in [0, 0.1) is 6.92 Å². The lowest BCUT2D eigenvalue weighted by Gasteiger charge is -2.43. The number of carbonyl (C=O) groups excluding carboxylic acids is 1. The zero-order valence-electron chi connectivity index (χ0n) is 22.3. The van der Waals surface area contributed by atoms with Crippen LogP contribution in [-0.2, 0) is 11.3 Å². The maximum Gasteiger partial charge on any atom is 0.410 e. The lowest BCUT2D eigenvalue weighted by atomic mass is 10.1. The van der Waals surface area contributed by atoms with Crippen molar-refractivity contribution in [3.63, 3.8) is 0 Å². The minimum atomic E-state index is -0.463. The number of hydrogen-bond donors (Lipinski definition) is 0. The van der Waals surface area contributed by atoms with Crippen molar-refractivity contribution in [1.29, 1.82) is 0 Å². The highest BCUT2D eigenvalue weighted by atomic mass is 16.6. The van der Waals surface area contributed by atoms with Gasteiger partial charge in [0.05, 0.1) is 0 Å². The van der Waals surface area contributed by atoms with Gasteiger partial charge in [0.1, 0.15) is 5.60 Å². The highest BCUT2D eigenvalue weighted by Crippen LogP contribution is 2.30. The highest BCUT2D eigenvalue weighted by Gasteiger charge is 2.30. The molecule has 6 nitrogen and oxygen atoms in total. The Morgan fingerprint density at radius 1 is 0.943 bits per heavy atom. The Hall–Kier alpha value is -2.73. The second kappa shape index (κ2) is 10.5. The van der Waals surface area contributed by atoms with Gasteiger partial charge in [-0.2, -0.15) is 0 Å². The topological polar surface area (TPSA) is 39.3 Å². The number of ether oxygens (including phenoxy) is 1. The van der Waals surface area contributed by atoms with Gasteiger partial charge in [-0.15, -0.1) is 0 Å². The Kier molecular flexibility index (Phi) is 7.60. The van der Waals surface area contributed by atoms with Gasteiger partial charge >= 0.3 is 6.09 Å². The summed E-state index contributed by atoms with van der Waals surface area (Å²) < 4.78 is 5.58. The number of carbonyl (C=O) groups is 1. The van der Waals surface area contributed by atoms with Gasteiger partial charge in [0, 0.05) is 69.3 Å². The second-order valence-electron chi connectivity index (χ2n) is 11.2. The van der Waals surface area contributed by atoms with E-state index < -0.39 is 5.60 Å². The Labute approximate surface area is 211 Å². The predicted molar refractivity (Wildman–Crippen MR) is 144 cm³/mol. The number of nitrogens with zero attached hydrogens (tertiary/aromatic N) is 4. The third kappa shape index (κ3) is 6.29. The van der Waals surface area contributed by atoms with Crippen LogP contribution in [0.25, 0.3) is 0 Å². The number of anilines is 2. The summed E-state index contributed by atoms with van der Waals surface area (Å²) in [6.45, 7) is 18.8. The van der Waals surface area contributed by atoms with Gasteiger partial charge in [-0.05, 0) is 70.9 Å². The van der Waals surface area contributed by atoms with E-state index >= 15 is 0 Å². The first-order valence-electron chi connectivity index (χ1n) is 13.0. The number of hydrogen-bond acceptors (Lipinski definition) is 5. The molecule has 4 rings (SSSR count). The molecule has 0 bridgehead atoms. The first-order chi connectivity index (χ1) is 16.6. The van der Waals surface area contributed by atoms with Crippen molar-refractivity contribution >= 4 is 17.5 Å². The number of aryl methyl sites for hydroxylation is 1. The van der Waals surface area contributed by atoms with Crippen molar-refractivity contribution in [3.05, 3.63) is 59.7 Å². The predicted octanol–water partition coefficient (Wildman–Crippen LogP) is 5.15. The van der Waals surface area contributed by atoms with Crippen molar-refractivity contribution in [2.45, 2.75) is 65.8 Å². The van der Waals surface area contributed by atoms with Gasteiger partial charge in [0.15, 0.2) is 0 Å². The molecule has 35 heavy (non-hydrogen) atoms. The van der Waals surface area contributed by atoms with E-state index in [9.17, 15) is 4.79 Å². The summed E-state index contributed by atoms with van der Waals surface area (Å²) in [5.74, 6) is 0. The number of benzene rings is 2. The summed E-state index contributed by atoms with van der Waals surface area (Å²) in [7, 11) is 0. The fourth-order valence-corrected chi connectivity index (χ4v) is 5.27. The molecule has 2 saturated heterocycles. The van der Waals surface area contributed by atoms with Crippen molar-refractivity contribution in [2.75, 3.05) is 49.1 Å². The van der Waals surface area contributed by atoms with Crippen LogP contribution in [0.15, 0.2) is 48.5 Å². The molecule has 2 aliphatic rings. The van der Waals surface area contributed by atoms with Gasteiger partial charge in [0.25, 0.3) is 0 Å². The van der Waals surface area contributed by atoms with Crippen LogP contribution >= 0.6 is 0 Å². The average Bonchev–Trinajstić information content (AvgIpc) is 2.80. The van der Waals surface area contributed by atoms with Crippen LogP contribution in [0.5, 0.6) is 0 Å². The lowest BCUT2D eigenvalue weighted by Crippen LogP contribution is -2.54. The van der Waals surface area contributed by atoms with E-state index in [1.807, 2.05) is 25.7 Å². The highest BCUT2D eigenvalue weighted by molar-refractivity contribution is 5.69. The molecule has 2 aromatic carbocycles. The summed E-state index contributed by atoms with van der Waals surface area (Å²) in [4.78, 5) is 21.9. The van der Waals surface area contributed by atoms with Crippen molar-refractivity contribution in [2.24, 2.45) is 0 Å². The Balaban J connectivity index is 1.36. The van der Waals surface area contributed by atoms with Crippen LogP contribution < -0.4 is 9.80 Å². The van der Waals surface area contributed by atoms with E-state index in [2.05, 4.69) is 84.0 Å². The first kappa shape index (κ1) is 25.4. The molecule has 0 aliphatic carbocycles. The van der Waals surface area contributed by atoms with Gasteiger partial charge < -0.3 is 19.4 Å². The quantitative estimate of drug-likeness (QED) is 0.608. The normalized spacial score (nSPS) is 21.8. The minimum Gasteiger partial charge on any atom is -0.444 e. The summed E-state index contributed by atoms with van der Waals surface area (Å²) >= 11 is 0. The second-order valence-corrected chi connectivity index (χ2v) is 11.2. The zero-order chi connectivity index (χ0) is 25.2. The number of amides is 1. The number of piperazine rings is 2. The van der Waals surface area contributed by atoms with Gasteiger partial charge in [-0.1, -0.05) is 30.3 Å². The number of rotatable bonds is 4. The molecule has 190 valence electrons. The molecular weight excluding hydrogens is 436 g/mol. The molecule has 0 saturated carbocycles. The Morgan fingerprint density at radius 3 is 2.31 bits per heavy atom. The van der Waals surface area contributed by atoms with E-state index in [-0.39, 0.29) is 12.1 Å². The molecule has 0 spiro atoms. The molecule has 2 aliphatic heterocycles. The summed E-state index contributed by atoms with van der Waals surface area (Å²) in [5.41, 5.74) is 4.80. The molecule has 0 aromatic heterocycles. The van der Waals surface area contributed by atoms with Gasteiger partial charge in [0.2, 0.25) is 0 Å². The van der Waals surface area contributed by atoms with Crippen molar-refractivity contribution < 1.29 is 9.53 Å². The van der Waals surface area contributed by atoms with E-state index in [0.717, 1.165) is 32.7 Å². The summed E-state index contributed by atoms with van der Waals surface area (Å²) in [5, 5.41) is 0. The molecule has 2 aromatic rings. The maximum absolute atomic E-state index is 12.5. The molecule has 1 amide bonds. The molecule has 0 unspecified atom stereocenters. The van der Waals surface area contributed by atoms with Crippen LogP contribution in [0.2, 0.25) is 0 Å². The average molecular weight is 479 g/mol. The minimum absolute atomic E-state index is 0.212. The van der Waals surface area contributed by atoms with Gasteiger partial charge in [-0.25, -0.2) is 4.79 Å². The molecule has 2 heterocycles. The van der Waals surface area contributed by atoms with E-state index in [0.29, 0.717) is 19.1 Å². The third-order valence-electron chi connectivity index (χ3n) is 7.13. The standard InChI is InChI=1S/C29H42N4O2/c1-22-18-26(33-17-16-32(20-24(33)3)28(34)35-29(4,5)6)12-13-27(22)31-15-14-30(23(2)19-31)21-25-10-8-7-9-11-25/h7-13,18,23-24H,14-17,19-21H2,1-6H3/t23-,24+/m0/s1. The fourth-order valence-electron chi connectivity index (χ4n) is 5.27. The first-order valence-corrected chi connectivity index (χ1v) is 13.0. The van der Waals surface area contributed by atoms with Crippen molar-refractivity contribution in [3.8, 4) is 0 Å². The van der Waals surface area contributed by atoms with Crippen LogP contribution in [0.3, 0.4) is 0 Å². The smallest absolute Gasteiger partial charge is 0.410 e. The lowest BCUT2D eigenvalue weighted by molar-refractivity contribution is 0.0219. The Bertz CT molecular complexity index is 1000. The molecule has 6 heteroatoms. The maximum atomic E-state index is 12.5. The third-order valence-corrected chi connectivity index (χ3v) is 7.13. The molecule has 0 N–H and O–H groups in total. The molecule has 2 fully saturated rings.